The molecule has 0 saturated carbocycles. The molecule has 0 amide bonds. The first kappa shape index (κ1) is 21.3. The number of pyridine rings is 1. The Hall–Kier alpha value is -3.58. The number of H-pyrrole nitrogens is 1. The van der Waals surface area contributed by atoms with Gasteiger partial charge in [0.15, 0.2) is 0 Å². The highest BCUT2D eigenvalue weighted by atomic mass is 19.1. The minimum absolute atomic E-state index is 0.0393. The van der Waals surface area contributed by atoms with Gasteiger partial charge in [0.05, 0.1) is 0 Å². The van der Waals surface area contributed by atoms with Crippen LogP contribution in [-0.2, 0) is 6.61 Å². The summed E-state index contributed by atoms with van der Waals surface area (Å²) in [5.74, 6) is -1.34. The number of rotatable bonds is 5. The Morgan fingerprint density at radius 3 is 2.58 bits per heavy atom. The summed E-state index contributed by atoms with van der Waals surface area (Å²) in [6, 6.07) is 11.4. The summed E-state index contributed by atoms with van der Waals surface area (Å²) in [4.78, 5) is 10.0. The number of nitrogens with one attached hydrogen (secondary N) is 1. The van der Waals surface area contributed by atoms with E-state index < -0.39 is 17.5 Å². The number of hydrogen-bond donors (Lipinski definition) is 1. The van der Waals surface area contributed by atoms with Gasteiger partial charge in [-0.15, -0.1) is 0 Å². The molecule has 7 heteroatoms. The van der Waals surface area contributed by atoms with E-state index in [1.54, 1.807) is 18.3 Å². The van der Waals surface area contributed by atoms with Crippen LogP contribution in [0.5, 0.6) is 5.75 Å². The largest absolute Gasteiger partial charge is 0.489 e. The standard InChI is InChI=1S/C26H22F3N3O/c1-32-8-5-17(6-9-32)25-14-23-21(4-7-30-26(23)31-25)22-13-20(2-3-24(22)29)33-15-16-10-18(27)12-19(28)11-16/h2-5,7,10-14H,6,8-9,15H2,1H3,(H,30,31). The third kappa shape index (κ3) is 4.50. The van der Waals surface area contributed by atoms with Crippen LogP contribution in [0.2, 0.25) is 0 Å². The molecule has 1 aliphatic heterocycles. The van der Waals surface area contributed by atoms with Gasteiger partial charge in [0.25, 0.3) is 0 Å². The number of nitrogens with zero attached hydrogens (tertiary/aromatic N) is 2. The molecule has 2 aromatic carbocycles. The van der Waals surface area contributed by atoms with Gasteiger partial charge in [-0.1, -0.05) is 6.08 Å². The lowest BCUT2D eigenvalue weighted by molar-refractivity contribution is 0.304. The highest BCUT2D eigenvalue weighted by Gasteiger charge is 2.16. The van der Waals surface area contributed by atoms with Crippen molar-refractivity contribution in [3.8, 4) is 16.9 Å². The van der Waals surface area contributed by atoms with Crippen molar-refractivity contribution in [2.24, 2.45) is 0 Å². The second kappa shape index (κ2) is 8.75. The molecule has 0 aliphatic carbocycles. The SMILES string of the molecule is CN1CC=C(c2cc3c(-c4cc(OCc5cc(F)cc(F)c5)ccc4F)ccnc3[nH]2)CC1. The Morgan fingerprint density at radius 2 is 1.82 bits per heavy atom. The van der Waals surface area contributed by atoms with E-state index in [4.69, 9.17) is 4.74 Å². The van der Waals surface area contributed by atoms with E-state index in [9.17, 15) is 13.2 Å². The third-order valence-electron chi connectivity index (χ3n) is 5.85. The summed E-state index contributed by atoms with van der Waals surface area (Å²) >= 11 is 0. The first-order chi connectivity index (χ1) is 16.0. The zero-order chi connectivity index (χ0) is 22.9. The molecular weight excluding hydrogens is 427 g/mol. The normalized spacial score (nSPS) is 14.5. The molecule has 33 heavy (non-hydrogen) atoms. The minimum atomic E-state index is -0.671. The van der Waals surface area contributed by atoms with Crippen LogP contribution >= 0.6 is 0 Å². The van der Waals surface area contributed by atoms with Crippen LogP contribution in [0.3, 0.4) is 0 Å². The molecule has 168 valence electrons. The van der Waals surface area contributed by atoms with Gasteiger partial charge in [-0.25, -0.2) is 18.2 Å². The lowest BCUT2D eigenvalue weighted by Gasteiger charge is -2.21. The molecule has 4 aromatic rings. The number of hydrogen-bond acceptors (Lipinski definition) is 3. The van der Waals surface area contributed by atoms with Gasteiger partial charge >= 0.3 is 0 Å². The number of fused-ring (bicyclic) bond motifs is 1. The van der Waals surface area contributed by atoms with Gasteiger partial charge in [0.1, 0.15) is 35.5 Å². The fourth-order valence-corrected chi connectivity index (χ4v) is 4.11. The van der Waals surface area contributed by atoms with E-state index >= 15 is 0 Å². The van der Waals surface area contributed by atoms with Crippen molar-refractivity contribution in [2.75, 3.05) is 20.1 Å². The van der Waals surface area contributed by atoms with E-state index in [-0.39, 0.29) is 6.61 Å². The quantitative estimate of drug-likeness (QED) is 0.410. The minimum Gasteiger partial charge on any atom is -0.489 e. The van der Waals surface area contributed by atoms with Crippen molar-refractivity contribution >= 4 is 16.6 Å². The highest BCUT2D eigenvalue weighted by molar-refractivity contribution is 5.95. The Kier molecular flexibility index (Phi) is 5.64. The Labute approximate surface area is 189 Å². The molecule has 4 nitrogen and oxygen atoms in total. The molecule has 5 rings (SSSR count). The summed E-state index contributed by atoms with van der Waals surface area (Å²) in [5, 5.41) is 0.815. The number of ether oxygens (including phenoxy) is 1. The van der Waals surface area contributed by atoms with Crippen molar-refractivity contribution in [3.05, 3.63) is 89.5 Å². The zero-order valence-electron chi connectivity index (χ0n) is 18.0. The van der Waals surface area contributed by atoms with Gasteiger partial charge in [0.2, 0.25) is 0 Å². The molecule has 0 unspecified atom stereocenters. The van der Waals surface area contributed by atoms with Gasteiger partial charge in [-0.2, -0.15) is 0 Å². The molecule has 3 heterocycles. The number of aromatic nitrogens is 2. The topological polar surface area (TPSA) is 41.1 Å². The van der Waals surface area contributed by atoms with Gasteiger partial charge in [0, 0.05) is 42.0 Å². The number of benzene rings is 2. The van der Waals surface area contributed by atoms with Crippen molar-refractivity contribution in [1.29, 1.82) is 0 Å². The first-order valence-corrected chi connectivity index (χ1v) is 10.7. The molecule has 1 aliphatic rings. The number of halogens is 3. The van der Waals surface area contributed by atoms with Crippen molar-refractivity contribution in [2.45, 2.75) is 13.0 Å². The number of likely N-dealkylation sites (N-methyl/N-ethyl adjacent to an activating group) is 1. The smallest absolute Gasteiger partial charge is 0.138 e. The van der Waals surface area contributed by atoms with Crippen LogP contribution in [0.25, 0.3) is 27.7 Å². The molecule has 1 N–H and O–H groups in total. The summed E-state index contributed by atoms with van der Waals surface area (Å²) in [6.45, 7) is 1.82. The van der Waals surface area contributed by atoms with Crippen LogP contribution < -0.4 is 4.74 Å². The molecule has 0 bridgehead atoms. The molecule has 0 atom stereocenters. The molecular formula is C26H22F3N3O. The van der Waals surface area contributed by atoms with Gasteiger partial charge in [-0.3, -0.25) is 0 Å². The monoisotopic (exact) mass is 449 g/mol. The average molecular weight is 449 g/mol. The van der Waals surface area contributed by atoms with Crippen molar-refractivity contribution < 1.29 is 17.9 Å². The Morgan fingerprint density at radius 1 is 1.00 bits per heavy atom. The van der Waals surface area contributed by atoms with Crippen LogP contribution in [0.15, 0.2) is 60.8 Å². The second-order valence-corrected chi connectivity index (χ2v) is 8.25. The van der Waals surface area contributed by atoms with Gasteiger partial charge < -0.3 is 14.6 Å². The first-order valence-electron chi connectivity index (χ1n) is 10.7. The molecule has 0 saturated heterocycles. The highest BCUT2D eigenvalue weighted by Crippen LogP contribution is 2.34. The van der Waals surface area contributed by atoms with Gasteiger partial charge in [-0.05, 0) is 72.6 Å². The lowest BCUT2D eigenvalue weighted by atomic mass is 10.0. The fraction of sp³-hybridized carbons (Fsp3) is 0.192. The second-order valence-electron chi connectivity index (χ2n) is 8.25. The molecule has 0 spiro atoms. The van der Waals surface area contributed by atoms with E-state index in [0.717, 1.165) is 36.7 Å². The van der Waals surface area contributed by atoms with E-state index in [1.807, 2.05) is 6.07 Å². The Bertz CT molecular complexity index is 1340. The van der Waals surface area contributed by atoms with Crippen LogP contribution in [0, 0.1) is 17.5 Å². The summed E-state index contributed by atoms with van der Waals surface area (Å²) < 4.78 is 47.4. The maximum Gasteiger partial charge on any atom is 0.138 e. The fourth-order valence-electron chi connectivity index (χ4n) is 4.11. The zero-order valence-corrected chi connectivity index (χ0v) is 18.0. The lowest BCUT2D eigenvalue weighted by Crippen LogP contribution is -2.23. The maximum atomic E-state index is 14.9. The summed E-state index contributed by atoms with van der Waals surface area (Å²) in [7, 11) is 2.08. The maximum absolute atomic E-state index is 14.9. The van der Waals surface area contributed by atoms with Crippen molar-refractivity contribution in [1.82, 2.24) is 14.9 Å². The van der Waals surface area contributed by atoms with E-state index in [2.05, 4.69) is 28.0 Å². The van der Waals surface area contributed by atoms with Crippen LogP contribution in [0.4, 0.5) is 13.2 Å². The molecule has 0 fully saturated rings. The summed E-state index contributed by atoms with van der Waals surface area (Å²) in [6.07, 6.45) is 4.76. The summed E-state index contributed by atoms with van der Waals surface area (Å²) in [5.41, 5.74) is 4.30. The van der Waals surface area contributed by atoms with E-state index in [1.165, 1.54) is 29.8 Å². The number of aromatic amines is 1. The molecule has 2 aromatic heterocycles. The van der Waals surface area contributed by atoms with Crippen LogP contribution in [-0.4, -0.2) is 35.0 Å². The predicted molar refractivity (Wildman–Crippen MR) is 122 cm³/mol. The van der Waals surface area contributed by atoms with E-state index in [0.29, 0.717) is 28.1 Å². The average Bonchev–Trinajstić information content (AvgIpc) is 3.23. The molecule has 0 radical (unpaired) electrons. The van der Waals surface area contributed by atoms with Crippen LogP contribution in [0.1, 0.15) is 17.7 Å². The Balaban J connectivity index is 1.46. The van der Waals surface area contributed by atoms with Crippen molar-refractivity contribution in [3.63, 3.8) is 0 Å². The predicted octanol–water partition coefficient (Wildman–Crippen LogP) is 5.95. The third-order valence-corrected chi connectivity index (χ3v) is 5.85.